The Labute approximate surface area is 206 Å². The first-order valence-corrected chi connectivity index (χ1v) is 12.7. The second kappa shape index (κ2) is 7.67. The average molecular weight is 530 g/mol. The molecule has 1 amide bonds. The van der Waals surface area contributed by atoms with Crippen molar-refractivity contribution in [2.24, 2.45) is 17.3 Å². The van der Waals surface area contributed by atoms with E-state index < -0.39 is 5.41 Å². The zero-order chi connectivity index (χ0) is 22.8. The molecule has 172 valence electrons. The van der Waals surface area contributed by atoms with Crippen LogP contribution in [0.15, 0.2) is 41.3 Å². The monoisotopic (exact) mass is 528 g/mol. The number of halogens is 2. The summed E-state index contributed by atoms with van der Waals surface area (Å²) in [6.07, 6.45) is 9.61. The molecule has 4 bridgehead atoms. The van der Waals surface area contributed by atoms with Crippen molar-refractivity contribution in [3.63, 3.8) is 0 Å². The number of benzene rings is 1. The number of aromatic nitrogens is 5. The third-order valence-corrected chi connectivity index (χ3v) is 8.63. The predicted octanol–water partition coefficient (Wildman–Crippen LogP) is 5.18. The van der Waals surface area contributed by atoms with Crippen LogP contribution in [0.1, 0.15) is 49.7 Å². The summed E-state index contributed by atoms with van der Waals surface area (Å²) in [5.74, 6) is 1.72. The number of rotatable bonds is 5. The second-order valence-corrected chi connectivity index (χ2v) is 11.6. The van der Waals surface area contributed by atoms with Crippen LogP contribution in [0.5, 0.6) is 0 Å². The van der Waals surface area contributed by atoms with E-state index in [-0.39, 0.29) is 16.7 Å². The van der Waals surface area contributed by atoms with Crippen molar-refractivity contribution in [1.82, 2.24) is 24.5 Å². The number of nitrogens with one attached hydrogen (secondary N) is 1. The molecule has 9 heteroatoms. The molecule has 2 unspecified atom stereocenters. The van der Waals surface area contributed by atoms with Gasteiger partial charge in [0.25, 0.3) is 0 Å². The predicted molar refractivity (Wildman–Crippen MR) is 129 cm³/mol. The minimum atomic E-state index is -0.400. The van der Waals surface area contributed by atoms with Crippen molar-refractivity contribution in [3.8, 4) is 0 Å². The van der Waals surface area contributed by atoms with Gasteiger partial charge in [0.1, 0.15) is 6.33 Å². The highest BCUT2D eigenvalue weighted by atomic mass is 79.9. The summed E-state index contributed by atoms with van der Waals surface area (Å²) in [6, 6.07) is 8.41. The zero-order valence-electron chi connectivity index (χ0n) is 18.5. The van der Waals surface area contributed by atoms with Crippen LogP contribution in [-0.4, -0.2) is 30.5 Å². The summed E-state index contributed by atoms with van der Waals surface area (Å²) in [6.45, 7) is 2.73. The highest BCUT2D eigenvalue weighted by Crippen LogP contribution is 2.64. The van der Waals surface area contributed by atoms with E-state index in [1.165, 1.54) is 17.5 Å². The van der Waals surface area contributed by atoms with Crippen LogP contribution in [-0.2, 0) is 16.9 Å². The Morgan fingerprint density at radius 3 is 2.58 bits per heavy atom. The molecule has 4 aliphatic rings. The molecule has 2 heterocycles. The van der Waals surface area contributed by atoms with Gasteiger partial charge in [-0.05, 0) is 90.4 Å². The van der Waals surface area contributed by atoms with E-state index in [9.17, 15) is 4.79 Å². The number of carbonyl (C=O) groups excluding carboxylic acids is 1. The first-order valence-electron chi connectivity index (χ1n) is 11.5. The molecule has 4 aliphatic carbocycles. The fourth-order valence-corrected chi connectivity index (χ4v) is 7.44. The number of carbonyl (C=O) groups is 1. The minimum Gasteiger partial charge on any atom is -0.308 e. The lowest BCUT2D eigenvalue weighted by atomic mass is 9.46. The van der Waals surface area contributed by atoms with Gasteiger partial charge in [0.05, 0.1) is 22.0 Å². The lowest BCUT2D eigenvalue weighted by molar-refractivity contribution is -0.150. The molecule has 4 saturated carbocycles. The Bertz CT molecular complexity index is 1200. The van der Waals surface area contributed by atoms with E-state index >= 15 is 0 Å². The van der Waals surface area contributed by atoms with E-state index in [0.29, 0.717) is 24.2 Å². The van der Waals surface area contributed by atoms with Gasteiger partial charge in [-0.25, -0.2) is 9.67 Å². The molecule has 1 N–H and O–H groups in total. The minimum absolute atomic E-state index is 0.0773. The van der Waals surface area contributed by atoms with Crippen LogP contribution >= 0.6 is 27.5 Å². The van der Waals surface area contributed by atoms with Gasteiger partial charge in [-0.3, -0.25) is 9.48 Å². The summed E-state index contributed by atoms with van der Waals surface area (Å²) < 4.78 is 4.61. The number of nitrogens with zero attached hydrogens (tertiary/aromatic N) is 5. The van der Waals surface area contributed by atoms with Gasteiger partial charge < -0.3 is 5.32 Å². The van der Waals surface area contributed by atoms with E-state index in [1.54, 1.807) is 6.33 Å². The lowest BCUT2D eigenvalue weighted by Crippen LogP contribution is -2.60. The molecule has 0 radical (unpaired) electrons. The van der Waals surface area contributed by atoms with Crippen molar-refractivity contribution >= 4 is 39.3 Å². The molecule has 0 spiro atoms. The fraction of sp³-hybridized carbons (Fsp3) is 0.500. The van der Waals surface area contributed by atoms with Gasteiger partial charge in [-0.2, -0.15) is 5.10 Å². The van der Waals surface area contributed by atoms with Crippen molar-refractivity contribution in [2.75, 3.05) is 5.32 Å². The fourth-order valence-electron chi connectivity index (χ4n) is 6.90. The SMILES string of the molecule is Cc1ccc(Cn2cc(Br)c(NC(=O)C34CC5CC(C3)CC(n3cnc(Cl)n3)(C5)C4)n2)cc1. The van der Waals surface area contributed by atoms with Crippen molar-refractivity contribution in [1.29, 1.82) is 0 Å². The first-order chi connectivity index (χ1) is 15.8. The van der Waals surface area contributed by atoms with E-state index in [0.717, 1.165) is 36.6 Å². The van der Waals surface area contributed by atoms with Gasteiger partial charge in [-0.15, -0.1) is 5.10 Å². The maximum atomic E-state index is 13.7. The van der Waals surface area contributed by atoms with Gasteiger partial charge in [0, 0.05) is 6.20 Å². The Balaban J connectivity index is 1.24. The number of amides is 1. The van der Waals surface area contributed by atoms with Crippen LogP contribution in [0.2, 0.25) is 5.28 Å². The smallest absolute Gasteiger partial charge is 0.242 e. The third-order valence-electron chi connectivity index (χ3n) is 7.88. The second-order valence-electron chi connectivity index (χ2n) is 10.4. The summed E-state index contributed by atoms with van der Waals surface area (Å²) in [7, 11) is 0. The van der Waals surface area contributed by atoms with Gasteiger partial charge in [0.15, 0.2) is 5.82 Å². The largest absolute Gasteiger partial charge is 0.308 e. The standard InChI is InChI=1S/C24H26BrClN6O/c1-15-2-4-16(5-3-15)11-31-12-19(25)20(29-31)28-21(33)23-7-17-6-18(8-23)10-24(9-17,13-23)32-14-27-22(26)30-32/h2-5,12,14,17-18H,6-11,13H2,1H3,(H,28,29,33). The summed E-state index contributed by atoms with van der Waals surface area (Å²) in [4.78, 5) is 17.9. The van der Waals surface area contributed by atoms with Gasteiger partial charge >= 0.3 is 0 Å². The van der Waals surface area contributed by atoms with E-state index in [4.69, 9.17) is 11.6 Å². The average Bonchev–Trinajstić information content (AvgIpc) is 3.35. The molecule has 7 rings (SSSR count). The molecule has 33 heavy (non-hydrogen) atoms. The topological polar surface area (TPSA) is 77.6 Å². The molecule has 3 aromatic rings. The Hall–Kier alpha value is -2.19. The third kappa shape index (κ3) is 3.71. The van der Waals surface area contributed by atoms with Crippen LogP contribution in [0.25, 0.3) is 0 Å². The molecule has 0 aliphatic heterocycles. The summed E-state index contributed by atoms with van der Waals surface area (Å²) >= 11 is 9.65. The molecular weight excluding hydrogens is 504 g/mol. The molecule has 2 aromatic heterocycles. The van der Waals surface area contributed by atoms with E-state index in [1.807, 2.05) is 15.6 Å². The zero-order valence-corrected chi connectivity index (χ0v) is 20.8. The Morgan fingerprint density at radius 1 is 1.18 bits per heavy atom. The van der Waals surface area contributed by atoms with Crippen LogP contribution < -0.4 is 5.32 Å². The number of aryl methyl sites for hydroxylation is 1. The van der Waals surface area contributed by atoms with Crippen LogP contribution in [0.4, 0.5) is 5.82 Å². The summed E-state index contributed by atoms with van der Waals surface area (Å²) in [5, 5.41) is 12.6. The summed E-state index contributed by atoms with van der Waals surface area (Å²) in [5.41, 5.74) is 1.84. The van der Waals surface area contributed by atoms with Crippen molar-refractivity contribution in [3.05, 3.63) is 57.7 Å². The van der Waals surface area contributed by atoms with Crippen molar-refractivity contribution < 1.29 is 4.79 Å². The van der Waals surface area contributed by atoms with Crippen LogP contribution in [0, 0.1) is 24.2 Å². The Kier molecular flexibility index (Phi) is 4.96. The van der Waals surface area contributed by atoms with Gasteiger partial charge in [0.2, 0.25) is 11.2 Å². The maximum absolute atomic E-state index is 13.7. The number of hydrogen-bond acceptors (Lipinski definition) is 4. The molecular formula is C24H26BrClN6O. The number of hydrogen-bond donors (Lipinski definition) is 1. The van der Waals surface area contributed by atoms with E-state index in [2.05, 4.69) is 67.6 Å². The molecule has 1 aromatic carbocycles. The van der Waals surface area contributed by atoms with Crippen molar-refractivity contribution in [2.45, 2.75) is 57.5 Å². The maximum Gasteiger partial charge on any atom is 0.242 e. The highest BCUT2D eigenvalue weighted by Gasteiger charge is 2.61. The quantitative estimate of drug-likeness (QED) is 0.494. The van der Waals surface area contributed by atoms with Gasteiger partial charge in [-0.1, -0.05) is 29.8 Å². The molecule has 2 atom stereocenters. The molecule has 7 nitrogen and oxygen atoms in total. The Morgan fingerprint density at radius 2 is 1.91 bits per heavy atom. The molecule has 4 fully saturated rings. The lowest BCUT2D eigenvalue weighted by Gasteiger charge is -2.60. The van der Waals surface area contributed by atoms with Crippen LogP contribution in [0.3, 0.4) is 0 Å². The number of anilines is 1. The molecule has 0 saturated heterocycles. The normalized spacial score (nSPS) is 30.0. The first kappa shape index (κ1) is 21.4. The highest BCUT2D eigenvalue weighted by molar-refractivity contribution is 9.10.